The Morgan fingerprint density at radius 2 is 1.56 bits per heavy atom. The van der Waals surface area contributed by atoms with E-state index in [4.69, 9.17) is 4.74 Å². The number of amides is 1. The second-order valence-corrected chi connectivity index (χ2v) is 7.73. The van der Waals surface area contributed by atoms with E-state index in [1.165, 1.54) is 5.56 Å². The number of hydrogen-bond donors (Lipinski definition) is 1. The maximum absolute atomic E-state index is 13.0. The first-order valence-electron chi connectivity index (χ1n) is 10.7. The van der Waals surface area contributed by atoms with Crippen LogP contribution in [0.3, 0.4) is 0 Å². The van der Waals surface area contributed by atoms with Gasteiger partial charge in [-0.3, -0.25) is 9.48 Å². The minimum atomic E-state index is -0.119. The van der Waals surface area contributed by atoms with Crippen LogP contribution in [0.15, 0.2) is 84.9 Å². The van der Waals surface area contributed by atoms with Crippen molar-refractivity contribution in [3.8, 4) is 5.75 Å². The zero-order chi connectivity index (χ0) is 22.3. The number of para-hydroxylation sites is 1. The normalized spacial score (nSPS) is 10.7. The van der Waals surface area contributed by atoms with Gasteiger partial charge in [0.15, 0.2) is 0 Å². The molecule has 1 N–H and O–H groups in total. The summed E-state index contributed by atoms with van der Waals surface area (Å²) < 4.78 is 7.84. The zero-order valence-electron chi connectivity index (χ0n) is 18.4. The summed E-state index contributed by atoms with van der Waals surface area (Å²) in [6, 6.07) is 27.4. The number of carbonyl (C=O) groups is 1. The highest BCUT2D eigenvalue weighted by Crippen LogP contribution is 2.17. The maximum Gasteiger partial charge on any atom is 0.251 e. The number of rotatable bonds is 8. The SMILES string of the molecule is Cc1nn(Cc2ccccc2)c(C)c1CNC(=O)c1ccccc1COc1ccccc1. The van der Waals surface area contributed by atoms with Gasteiger partial charge >= 0.3 is 0 Å². The Labute approximate surface area is 188 Å². The number of nitrogens with one attached hydrogen (secondary N) is 1. The number of aromatic nitrogens is 2. The van der Waals surface area contributed by atoms with Gasteiger partial charge in [-0.15, -0.1) is 0 Å². The second kappa shape index (κ2) is 9.96. The predicted molar refractivity (Wildman–Crippen MR) is 126 cm³/mol. The first-order chi connectivity index (χ1) is 15.6. The molecule has 0 aliphatic heterocycles. The lowest BCUT2D eigenvalue weighted by atomic mass is 10.1. The molecule has 4 aromatic rings. The van der Waals surface area contributed by atoms with Crippen LogP contribution in [0.5, 0.6) is 5.75 Å². The van der Waals surface area contributed by atoms with E-state index >= 15 is 0 Å². The van der Waals surface area contributed by atoms with Crippen LogP contribution < -0.4 is 10.1 Å². The summed E-state index contributed by atoms with van der Waals surface area (Å²) in [5.41, 5.74) is 5.71. The Morgan fingerprint density at radius 1 is 0.906 bits per heavy atom. The van der Waals surface area contributed by atoms with Crippen molar-refractivity contribution >= 4 is 5.91 Å². The van der Waals surface area contributed by atoms with Gasteiger partial charge in [0.05, 0.1) is 12.2 Å². The summed E-state index contributed by atoms with van der Waals surface area (Å²) in [6.45, 7) is 5.50. The molecule has 3 aromatic carbocycles. The molecule has 5 heteroatoms. The molecule has 0 aliphatic carbocycles. The average Bonchev–Trinajstić information content (AvgIpc) is 3.09. The molecule has 4 rings (SSSR count). The summed E-state index contributed by atoms with van der Waals surface area (Å²) in [5.74, 6) is 0.659. The van der Waals surface area contributed by atoms with Gasteiger partial charge in [0.25, 0.3) is 5.91 Å². The molecule has 0 saturated carbocycles. The molecule has 1 aromatic heterocycles. The zero-order valence-corrected chi connectivity index (χ0v) is 18.4. The second-order valence-electron chi connectivity index (χ2n) is 7.73. The van der Waals surface area contributed by atoms with Gasteiger partial charge in [-0.05, 0) is 37.6 Å². The lowest BCUT2D eigenvalue weighted by Crippen LogP contribution is -2.25. The third kappa shape index (κ3) is 5.06. The molecule has 0 aliphatic rings. The molecule has 0 bridgehead atoms. The van der Waals surface area contributed by atoms with E-state index in [-0.39, 0.29) is 5.91 Å². The van der Waals surface area contributed by atoms with Gasteiger partial charge in [0.1, 0.15) is 12.4 Å². The quantitative estimate of drug-likeness (QED) is 0.429. The molecule has 0 spiro atoms. The fourth-order valence-corrected chi connectivity index (χ4v) is 3.71. The van der Waals surface area contributed by atoms with Crippen LogP contribution in [0.25, 0.3) is 0 Å². The van der Waals surface area contributed by atoms with Crippen LogP contribution in [0.1, 0.15) is 38.4 Å². The molecule has 162 valence electrons. The first-order valence-corrected chi connectivity index (χ1v) is 10.7. The minimum Gasteiger partial charge on any atom is -0.489 e. The molecule has 1 heterocycles. The third-order valence-corrected chi connectivity index (χ3v) is 5.53. The minimum absolute atomic E-state index is 0.119. The van der Waals surface area contributed by atoms with E-state index in [1.807, 2.05) is 91.3 Å². The van der Waals surface area contributed by atoms with Crippen molar-refractivity contribution in [3.63, 3.8) is 0 Å². The van der Waals surface area contributed by atoms with E-state index in [0.29, 0.717) is 25.3 Å². The standard InChI is InChI=1S/C27H27N3O2/c1-20-26(21(2)30(29-20)18-22-11-5-3-6-12-22)17-28-27(31)25-16-10-9-13-23(25)19-32-24-14-7-4-8-15-24/h3-16H,17-19H2,1-2H3,(H,28,31). The van der Waals surface area contributed by atoms with E-state index in [1.54, 1.807) is 0 Å². The number of aryl methyl sites for hydroxylation is 1. The number of hydrogen-bond acceptors (Lipinski definition) is 3. The number of nitrogens with zero attached hydrogens (tertiary/aromatic N) is 2. The van der Waals surface area contributed by atoms with Crippen molar-refractivity contribution in [2.24, 2.45) is 0 Å². The lowest BCUT2D eigenvalue weighted by molar-refractivity contribution is 0.0948. The largest absolute Gasteiger partial charge is 0.489 e. The first kappa shape index (κ1) is 21.4. The average molecular weight is 426 g/mol. The van der Waals surface area contributed by atoms with Gasteiger partial charge in [0.2, 0.25) is 0 Å². The summed E-state index contributed by atoms with van der Waals surface area (Å²) in [4.78, 5) is 13.0. The van der Waals surface area contributed by atoms with Crippen molar-refractivity contribution in [1.29, 1.82) is 0 Å². The van der Waals surface area contributed by atoms with Crippen molar-refractivity contribution in [3.05, 3.63) is 119 Å². The van der Waals surface area contributed by atoms with Gasteiger partial charge < -0.3 is 10.1 Å². The highest BCUT2D eigenvalue weighted by molar-refractivity contribution is 5.95. The Morgan fingerprint density at radius 3 is 2.31 bits per heavy atom. The molecule has 1 amide bonds. The third-order valence-electron chi connectivity index (χ3n) is 5.53. The smallest absolute Gasteiger partial charge is 0.251 e. The topological polar surface area (TPSA) is 56.2 Å². The fourth-order valence-electron chi connectivity index (χ4n) is 3.71. The molecule has 0 atom stereocenters. The van der Waals surface area contributed by atoms with E-state index in [0.717, 1.165) is 28.3 Å². The molecule has 0 fully saturated rings. The van der Waals surface area contributed by atoms with Gasteiger partial charge in [0, 0.05) is 28.9 Å². The Balaban J connectivity index is 1.43. The van der Waals surface area contributed by atoms with Crippen LogP contribution >= 0.6 is 0 Å². The maximum atomic E-state index is 13.0. The Hall–Kier alpha value is -3.86. The predicted octanol–water partition coefficient (Wildman–Crippen LogP) is 5.06. The van der Waals surface area contributed by atoms with Crippen LogP contribution in [0, 0.1) is 13.8 Å². The van der Waals surface area contributed by atoms with Gasteiger partial charge in [-0.2, -0.15) is 5.10 Å². The molecule has 5 nitrogen and oxygen atoms in total. The van der Waals surface area contributed by atoms with E-state index in [2.05, 4.69) is 22.5 Å². The molecule has 0 radical (unpaired) electrons. The Bertz CT molecular complexity index is 1180. The van der Waals surface area contributed by atoms with Crippen LogP contribution in [-0.2, 0) is 19.7 Å². The van der Waals surface area contributed by atoms with Crippen LogP contribution in [-0.4, -0.2) is 15.7 Å². The van der Waals surface area contributed by atoms with Crippen molar-refractivity contribution in [2.75, 3.05) is 0 Å². The van der Waals surface area contributed by atoms with E-state index in [9.17, 15) is 4.79 Å². The van der Waals surface area contributed by atoms with Crippen molar-refractivity contribution < 1.29 is 9.53 Å². The summed E-state index contributed by atoms with van der Waals surface area (Å²) in [5, 5.41) is 7.75. The molecule has 32 heavy (non-hydrogen) atoms. The van der Waals surface area contributed by atoms with Crippen molar-refractivity contribution in [1.82, 2.24) is 15.1 Å². The highest BCUT2D eigenvalue weighted by atomic mass is 16.5. The van der Waals surface area contributed by atoms with E-state index < -0.39 is 0 Å². The Kier molecular flexibility index (Phi) is 6.66. The number of benzene rings is 3. The number of carbonyl (C=O) groups excluding carboxylic acids is 1. The highest BCUT2D eigenvalue weighted by Gasteiger charge is 2.15. The monoisotopic (exact) mass is 425 g/mol. The fraction of sp³-hybridized carbons (Fsp3) is 0.185. The van der Waals surface area contributed by atoms with Gasteiger partial charge in [-0.1, -0.05) is 66.7 Å². The molecular formula is C27H27N3O2. The molecular weight excluding hydrogens is 398 g/mol. The summed E-state index contributed by atoms with van der Waals surface area (Å²) in [6.07, 6.45) is 0. The number of ether oxygens (including phenoxy) is 1. The van der Waals surface area contributed by atoms with Gasteiger partial charge in [-0.25, -0.2) is 0 Å². The van der Waals surface area contributed by atoms with Crippen LogP contribution in [0.2, 0.25) is 0 Å². The summed E-state index contributed by atoms with van der Waals surface area (Å²) >= 11 is 0. The lowest BCUT2D eigenvalue weighted by Gasteiger charge is -2.12. The summed E-state index contributed by atoms with van der Waals surface area (Å²) in [7, 11) is 0. The molecule has 0 unspecified atom stereocenters. The van der Waals surface area contributed by atoms with Crippen molar-refractivity contribution in [2.45, 2.75) is 33.5 Å². The molecule has 0 saturated heterocycles. The van der Waals surface area contributed by atoms with Crippen LogP contribution in [0.4, 0.5) is 0 Å².